The molecular formula is C13H17N. The highest BCUT2D eigenvalue weighted by molar-refractivity contribution is 5.85. The van der Waals surface area contributed by atoms with Crippen molar-refractivity contribution in [1.82, 2.24) is 4.98 Å². The molecule has 0 fully saturated rings. The molecule has 1 heteroatoms. The first kappa shape index (κ1) is 9.32. The summed E-state index contributed by atoms with van der Waals surface area (Å²) < 4.78 is 0. The van der Waals surface area contributed by atoms with Gasteiger partial charge in [-0.15, -0.1) is 0 Å². The minimum absolute atomic E-state index is 0.592. The zero-order valence-electron chi connectivity index (χ0n) is 9.04. The second-order valence-corrected chi connectivity index (χ2v) is 4.32. The number of benzene rings is 1. The van der Waals surface area contributed by atoms with Crippen LogP contribution in [0.1, 0.15) is 32.4 Å². The predicted molar refractivity (Wildman–Crippen MR) is 61.6 cm³/mol. The molecular weight excluding hydrogens is 170 g/mol. The summed E-state index contributed by atoms with van der Waals surface area (Å²) in [5, 5.41) is 2.68. The normalized spacial score (nSPS) is 13.7. The molecule has 1 atom stereocenters. The van der Waals surface area contributed by atoms with E-state index >= 15 is 0 Å². The number of fused-ring (bicyclic) bond motifs is 1. The van der Waals surface area contributed by atoms with E-state index in [0.29, 0.717) is 11.8 Å². The van der Waals surface area contributed by atoms with E-state index in [0.717, 1.165) is 0 Å². The Balaban J connectivity index is 2.53. The Morgan fingerprint density at radius 2 is 1.79 bits per heavy atom. The fourth-order valence-electron chi connectivity index (χ4n) is 1.81. The monoisotopic (exact) mass is 187 g/mol. The topological polar surface area (TPSA) is 15.8 Å². The van der Waals surface area contributed by atoms with Gasteiger partial charge in [0.2, 0.25) is 0 Å². The van der Waals surface area contributed by atoms with Crippen molar-refractivity contribution in [3.63, 3.8) is 0 Å². The Bertz CT molecular complexity index is 425. The fraction of sp³-hybridized carbons (Fsp3) is 0.385. The molecule has 2 rings (SSSR count). The minimum atomic E-state index is 0.592. The van der Waals surface area contributed by atoms with Crippen molar-refractivity contribution in [2.24, 2.45) is 5.92 Å². The zero-order valence-corrected chi connectivity index (χ0v) is 9.04. The van der Waals surface area contributed by atoms with Gasteiger partial charge in [0.25, 0.3) is 0 Å². The molecule has 1 aromatic carbocycles. The first-order valence-electron chi connectivity index (χ1n) is 5.26. The Morgan fingerprint density at radius 3 is 2.50 bits per heavy atom. The minimum Gasteiger partial charge on any atom is -0.364 e. The highest BCUT2D eigenvalue weighted by Gasteiger charge is 2.13. The van der Waals surface area contributed by atoms with E-state index in [9.17, 15) is 0 Å². The van der Waals surface area contributed by atoms with Gasteiger partial charge in [-0.25, -0.2) is 0 Å². The summed E-state index contributed by atoms with van der Waals surface area (Å²) >= 11 is 0. The van der Waals surface area contributed by atoms with E-state index in [4.69, 9.17) is 0 Å². The number of H-pyrrole nitrogens is 1. The average Bonchev–Trinajstić information content (AvgIpc) is 2.60. The molecule has 1 aromatic heterocycles. The van der Waals surface area contributed by atoms with E-state index in [2.05, 4.69) is 56.2 Å². The van der Waals surface area contributed by atoms with E-state index < -0.39 is 0 Å². The Morgan fingerprint density at radius 1 is 1.07 bits per heavy atom. The summed E-state index contributed by atoms with van der Waals surface area (Å²) in [5.41, 5.74) is 1.37. The summed E-state index contributed by atoms with van der Waals surface area (Å²) in [6, 6.07) is 8.54. The Kier molecular flexibility index (Phi) is 2.32. The number of hydrogen-bond donors (Lipinski definition) is 1. The molecule has 1 nitrogen and oxygen atoms in total. The lowest BCUT2D eigenvalue weighted by Crippen LogP contribution is -2.02. The van der Waals surface area contributed by atoms with Crippen LogP contribution in [0.5, 0.6) is 0 Å². The molecule has 0 saturated carbocycles. The van der Waals surface area contributed by atoms with Gasteiger partial charge in [-0.3, -0.25) is 0 Å². The average molecular weight is 187 g/mol. The standard InChI is InChI=1S/C13H17N/c1-9(2)10(3)13-12-7-5-4-6-11(12)8-14-13/h4-10,14H,1-3H3. The van der Waals surface area contributed by atoms with Crippen LogP contribution in [0.3, 0.4) is 0 Å². The molecule has 14 heavy (non-hydrogen) atoms. The van der Waals surface area contributed by atoms with Crippen molar-refractivity contribution < 1.29 is 0 Å². The van der Waals surface area contributed by atoms with Crippen LogP contribution in [0.25, 0.3) is 10.8 Å². The lowest BCUT2D eigenvalue weighted by Gasteiger charge is -2.14. The molecule has 0 bridgehead atoms. The highest BCUT2D eigenvalue weighted by atomic mass is 14.7. The van der Waals surface area contributed by atoms with Crippen LogP contribution in [0.2, 0.25) is 0 Å². The van der Waals surface area contributed by atoms with Gasteiger partial charge in [-0.1, -0.05) is 45.0 Å². The number of rotatable bonds is 2. The van der Waals surface area contributed by atoms with Crippen LogP contribution in [0.15, 0.2) is 30.5 Å². The molecule has 0 spiro atoms. The highest BCUT2D eigenvalue weighted by Crippen LogP contribution is 2.29. The van der Waals surface area contributed by atoms with Crippen molar-refractivity contribution in [2.75, 3.05) is 0 Å². The van der Waals surface area contributed by atoms with E-state index in [1.807, 2.05) is 0 Å². The maximum atomic E-state index is 3.39. The van der Waals surface area contributed by atoms with E-state index in [1.165, 1.54) is 16.5 Å². The largest absolute Gasteiger partial charge is 0.364 e. The Hall–Kier alpha value is -1.24. The molecule has 0 saturated heterocycles. The van der Waals surface area contributed by atoms with Crippen LogP contribution in [0, 0.1) is 5.92 Å². The summed E-state index contributed by atoms with van der Waals surface area (Å²) in [6.45, 7) is 6.81. The third-order valence-corrected chi connectivity index (χ3v) is 3.09. The van der Waals surface area contributed by atoms with E-state index in [-0.39, 0.29) is 0 Å². The van der Waals surface area contributed by atoms with E-state index in [1.54, 1.807) is 0 Å². The molecule has 0 aliphatic carbocycles. The predicted octanol–water partition coefficient (Wildman–Crippen LogP) is 3.93. The SMILES string of the molecule is CC(C)C(C)c1[nH]cc2ccccc12. The molecule has 1 heterocycles. The van der Waals surface area contributed by atoms with Gasteiger partial charge in [0.15, 0.2) is 0 Å². The van der Waals surface area contributed by atoms with Gasteiger partial charge in [0.05, 0.1) is 0 Å². The van der Waals surface area contributed by atoms with Crippen molar-refractivity contribution in [3.8, 4) is 0 Å². The summed E-state index contributed by atoms with van der Waals surface area (Å²) in [6.07, 6.45) is 2.10. The van der Waals surface area contributed by atoms with Crippen LogP contribution in [0.4, 0.5) is 0 Å². The lowest BCUT2D eigenvalue weighted by molar-refractivity contribution is 0.528. The Labute approximate surface area is 85.1 Å². The number of nitrogens with one attached hydrogen (secondary N) is 1. The van der Waals surface area contributed by atoms with Gasteiger partial charge < -0.3 is 4.98 Å². The molecule has 0 radical (unpaired) electrons. The quantitative estimate of drug-likeness (QED) is 0.733. The first-order valence-corrected chi connectivity index (χ1v) is 5.26. The lowest BCUT2D eigenvalue weighted by atomic mass is 9.93. The van der Waals surface area contributed by atoms with Gasteiger partial charge in [-0.2, -0.15) is 0 Å². The zero-order chi connectivity index (χ0) is 10.1. The van der Waals surface area contributed by atoms with Crippen LogP contribution >= 0.6 is 0 Å². The molecule has 1 unspecified atom stereocenters. The summed E-state index contributed by atoms with van der Waals surface area (Å²) in [5.74, 6) is 1.27. The van der Waals surface area contributed by atoms with Gasteiger partial charge in [-0.05, 0) is 17.2 Å². The van der Waals surface area contributed by atoms with Gasteiger partial charge >= 0.3 is 0 Å². The second-order valence-electron chi connectivity index (χ2n) is 4.32. The van der Waals surface area contributed by atoms with Crippen molar-refractivity contribution in [2.45, 2.75) is 26.7 Å². The smallest absolute Gasteiger partial charge is 0.0258 e. The third kappa shape index (κ3) is 1.43. The number of aromatic amines is 1. The molecule has 1 N–H and O–H groups in total. The van der Waals surface area contributed by atoms with Crippen molar-refractivity contribution in [3.05, 3.63) is 36.2 Å². The molecule has 74 valence electrons. The van der Waals surface area contributed by atoms with Crippen LogP contribution in [-0.4, -0.2) is 4.98 Å². The van der Waals surface area contributed by atoms with Crippen molar-refractivity contribution in [1.29, 1.82) is 0 Å². The van der Waals surface area contributed by atoms with Gasteiger partial charge in [0, 0.05) is 17.3 Å². The van der Waals surface area contributed by atoms with Crippen LogP contribution < -0.4 is 0 Å². The maximum absolute atomic E-state index is 3.39. The summed E-state index contributed by atoms with van der Waals surface area (Å²) in [4.78, 5) is 3.39. The van der Waals surface area contributed by atoms with Crippen molar-refractivity contribution >= 4 is 10.8 Å². The second kappa shape index (κ2) is 3.49. The number of hydrogen-bond acceptors (Lipinski definition) is 0. The summed E-state index contributed by atoms with van der Waals surface area (Å²) in [7, 11) is 0. The molecule has 0 amide bonds. The molecule has 2 aromatic rings. The molecule has 0 aliphatic heterocycles. The third-order valence-electron chi connectivity index (χ3n) is 3.09. The maximum Gasteiger partial charge on any atom is 0.0258 e. The van der Waals surface area contributed by atoms with Crippen LogP contribution in [-0.2, 0) is 0 Å². The number of aromatic nitrogens is 1. The first-order chi connectivity index (χ1) is 6.70. The fourth-order valence-corrected chi connectivity index (χ4v) is 1.81. The molecule has 0 aliphatic rings. The van der Waals surface area contributed by atoms with Gasteiger partial charge in [0.1, 0.15) is 0 Å².